The number of nitrogens with zero attached hydrogens (tertiary/aromatic N) is 7. The van der Waals surface area contributed by atoms with Gasteiger partial charge in [0, 0.05) is 65.3 Å². The van der Waals surface area contributed by atoms with Gasteiger partial charge in [0.2, 0.25) is 0 Å². The van der Waals surface area contributed by atoms with Gasteiger partial charge in [-0.3, -0.25) is 9.55 Å². The minimum atomic E-state index is 0.450. The van der Waals surface area contributed by atoms with Gasteiger partial charge in [-0.15, -0.1) is 11.8 Å². The Balaban J connectivity index is 0.00000212. The molecule has 6 aromatic rings. The monoisotopic (exact) mass is 687 g/mol. The number of nitrogens with one attached hydrogen (secondary N) is 1. The molecule has 11 nitrogen and oxygen atoms in total. The number of allylic oxidation sites excluding steroid dienone is 1. The second kappa shape index (κ2) is 15.7. The molecule has 0 atom stereocenters. The quantitative estimate of drug-likeness (QED) is 0.0582. The maximum Gasteiger partial charge on any atom is 0.150 e. The first kappa shape index (κ1) is 34.3. The molecule has 4 aromatic heterocycles. The van der Waals surface area contributed by atoms with E-state index in [0.29, 0.717) is 35.2 Å². The third-order valence-corrected chi connectivity index (χ3v) is 9.49. The average Bonchev–Trinajstić information content (AvgIpc) is 3.54. The number of rotatable bonds is 12. The molecule has 0 saturated carbocycles. The van der Waals surface area contributed by atoms with Crippen LogP contribution in [0.15, 0.2) is 102 Å². The molecule has 0 unspecified atom stereocenters. The lowest BCUT2D eigenvalue weighted by atomic mass is 10.1. The van der Waals surface area contributed by atoms with Crippen molar-refractivity contribution in [3.05, 3.63) is 109 Å². The van der Waals surface area contributed by atoms with Gasteiger partial charge in [-0.25, -0.2) is 15.0 Å². The molecule has 256 valence electrons. The molecule has 0 amide bonds. The number of aromatic nitrogens is 5. The maximum atomic E-state index is 5.82. The van der Waals surface area contributed by atoms with Crippen LogP contribution in [0.4, 0.5) is 11.6 Å². The SMILES string of the molecule is C=C/C(=N\N)c1cn(-c2cncc(CSc3ccc4ccc(N5CCC5)nc4c3)c2)c2ncnc(NCc3ccc(OC)cc3OC)c12.CC. The number of thioether (sulfide) groups is 1. The summed E-state index contributed by atoms with van der Waals surface area (Å²) in [5, 5.41) is 9.37. The van der Waals surface area contributed by atoms with Crippen molar-refractivity contribution in [1.82, 2.24) is 24.5 Å². The van der Waals surface area contributed by atoms with E-state index in [2.05, 4.69) is 73.2 Å². The minimum absolute atomic E-state index is 0.450. The number of hydrogen-bond acceptors (Lipinski definition) is 11. The molecule has 12 heteroatoms. The molecule has 7 rings (SSSR count). The first-order valence-electron chi connectivity index (χ1n) is 16.5. The van der Waals surface area contributed by atoms with E-state index < -0.39 is 0 Å². The Morgan fingerprint density at radius 2 is 1.88 bits per heavy atom. The molecule has 0 bridgehead atoms. The lowest BCUT2D eigenvalue weighted by molar-refractivity contribution is 0.391. The van der Waals surface area contributed by atoms with Crippen LogP contribution in [-0.4, -0.2) is 57.5 Å². The van der Waals surface area contributed by atoms with E-state index in [4.69, 9.17) is 20.3 Å². The van der Waals surface area contributed by atoms with Gasteiger partial charge in [0.1, 0.15) is 29.5 Å². The molecule has 0 radical (unpaired) electrons. The lowest BCUT2D eigenvalue weighted by Gasteiger charge is -2.32. The second-order valence-corrected chi connectivity index (χ2v) is 12.3. The summed E-state index contributed by atoms with van der Waals surface area (Å²) in [5.41, 5.74) is 5.81. The summed E-state index contributed by atoms with van der Waals surface area (Å²) in [4.78, 5) is 22.3. The Morgan fingerprint density at radius 1 is 1.04 bits per heavy atom. The zero-order chi connectivity index (χ0) is 35.0. The molecule has 3 N–H and O–H groups in total. The van der Waals surface area contributed by atoms with E-state index in [0.717, 1.165) is 68.2 Å². The number of hydrogen-bond donors (Lipinski definition) is 2. The van der Waals surface area contributed by atoms with Crippen molar-refractivity contribution >= 4 is 51.0 Å². The van der Waals surface area contributed by atoms with Crippen LogP contribution in [0.5, 0.6) is 11.5 Å². The lowest BCUT2D eigenvalue weighted by Crippen LogP contribution is -2.37. The van der Waals surface area contributed by atoms with Crippen LogP contribution in [0.2, 0.25) is 0 Å². The van der Waals surface area contributed by atoms with Crippen LogP contribution in [0.1, 0.15) is 37.0 Å². The molecule has 50 heavy (non-hydrogen) atoms. The number of methoxy groups -OCH3 is 2. The molecule has 2 aromatic carbocycles. The number of pyridine rings is 2. The van der Waals surface area contributed by atoms with Crippen molar-refractivity contribution in [3.8, 4) is 17.2 Å². The summed E-state index contributed by atoms with van der Waals surface area (Å²) in [6.07, 6.45) is 10.1. The van der Waals surface area contributed by atoms with Crippen molar-refractivity contribution in [1.29, 1.82) is 0 Å². The summed E-state index contributed by atoms with van der Waals surface area (Å²) in [5.74, 6) is 9.64. The van der Waals surface area contributed by atoms with Crippen molar-refractivity contribution in [2.75, 3.05) is 37.5 Å². The topological polar surface area (TPSA) is 129 Å². The van der Waals surface area contributed by atoms with Crippen LogP contribution in [0.3, 0.4) is 0 Å². The van der Waals surface area contributed by atoms with Crippen molar-refractivity contribution < 1.29 is 9.47 Å². The van der Waals surface area contributed by atoms with Crippen molar-refractivity contribution in [2.45, 2.75) is 37.5 Å². The summed E-state index contributed by atoms with van der Waals surface area (Å²) in [6.45, 7) is 10.5. The van der Waals surface area contributed by atoms with Gasteiger partial charge < -0.3 is 25.5 Å². The largest absolute Gasteiger partial charge is 0.497 e. The molecule has 1 aliphatic rings. The number of benzene rings is 2. The molecule has 0 spiro atoms. The maximum absolute atomic E-state index is 5.82. The number of hydrazone groups is 1. The van der Waals surface area contributed by atoms with Crippen LogP contribution in [0.25, 0.3) is 27.6 Å². The molecule has 1 aliphatic heterocycles. The van der Waals surface area contributed by atoms with E-state index >= 15 is 0 Å². The van der Waals surface area contributed by atoms with Gasteiger partial charge in [0.05, 0.1) is 42.7 Å². The van der Waals surface area contributed by atoms with Gasteiger partial charge >= 0.3 is 0 Å². The summed E-state index contributed by atoms with van der Waals surface area (Å²) < 4.78 is 12.9. The van der Waals surface area contributed by atoms with Crippen LogP contribution in [0, 0.1) is 0 Å². The van der Waals surface area contributed by atoms with E-state index in [1.807, 2.05) is 55.2 Å². The van der Waals surface area contributed by atoms with Crippen LogP contribution in [-0.2, 0) is 12.3 Å². The Bertz CT molecular complexity index is 2160. The standard InChI is InChI=1S/C36H35N9O2S.C2H6/c1-4-30(43-37)29-20-45(36-34(29)35(40-22-41-36)39-18-25-6-9-27(46-2)15-32(25)47-3)26-14-23(17-38-19-26)21-48-28-10-7-24-8-11-33(42-31(24)16-28)44-12-5-13-44;1-2/h4,6-11,14-17,19-20,22H,1,5,12-13,18,21,37H2,2-3H3,(H,39,40,41);1-2H3/b43-30+;. The average molecular weight is 688 g/mol. The van der Waals surface area contributed by atoms with E-state index in [9.17, 15) is 0 Å². The smallest absolute Gasteiger partial charge is 0.150 e. The Morgan fingerprint density at radius 3 is 2.62 bits per heavy atom. The highest BCUT2D eigenvalue weighted by Gasteiger charge is 2.20. The first-order valence-corrected chi connectivity index (χ1v) is 17.5. The minimum Gasteiger partial charge on any atom is -0.497 e. The molecular weight excluding hydrogens is 647 g/mol. The van der Waals surface area contributed by atoms with Crippen molar-refractivity contribution in [2.24, 2.45) is 10.9 Å². The van der Waals surface area contributed by atoms with E-state index in [1.165, 1.54) is 12.7 Å². The van der Waals surface area contributed by atoms with Gasteiger partial charge in [-0.2, -0.15) is 5.10 Å². The summed E-state index contributed by atoms with van der Waals surface area (Å²) >= 11 is 1.75. The zero-order valence-electron chi connectivity index (χ0n) is 28.8. The summed E-state index contributed by atoms with van der Waals surface area (Å²) in [7, 11) is 3.26. The third kappa shape index (κ3) is 7.06. The Kier molecular flexibility index (Phi) is 10.8. The van der Waals surface area contributed by atoms with Gasteiger partial charge in [0.25, 0.3) is 0 Å². The van der Waals surface area contributed by atoms with Gasteiger partial charge in [-0.05, 0) is 60.5 Å². The second-order valence-electron chi connectivity index (χ2n) is 11.3. The third-order valence-electron chi connectivity index (χ3n) is 8.42. The zero-order valence-corrected chi connectivity index (χ0v) is 29.6. The fourth-order valence-electron chi connectivity index (χ4n) is 5.74. The molecule has 5 heterocycles. The number of anilines is 2. The van der Waals surface area contributed by atoms with Gasteiger partial charge in [-0.1, -0.05) is 26.5 Å². The highest BCUT2D eigenvalue weighted by Crippen LogP contribution is 2.32. The molecule has 1 fully saturated rings. The predicted molar refractivity (Wildman–Crippen MR) is 204 cm³/mol. The number of ether oxygens (including phenoxy) is 2. The molecular formula is C38H41N9O2S. The Labute approximate surface area is 296 Å². The fourth-order valence-corrected chi connectivity index (χ4v) is 6.59. The fraction of sp³-hybridized carbons (Fsp3) is 0.237. The predicted octanol–water partition coefficient (Wildman–Crippen LogP) is 7.37. The summed E-state index contributed by atoms with van der Waals surface area (Å²) in [6, 6.07) is 18.5. The normalized spacial score (nSPS) is 12.6. The van der Waals surface area contributed by atoms with Crippen LogP contribution < -0.4 is 25.5 Å². The highest BCUT2D eigenvalue weighted by atomic mass is 32.2. The van der Waals surface area contributed by atoms with E-state index in [1.54, 1.807) is 32.1 Å². The van der Waals surface area contributed by atoms with Crippen LogP contribution >= 0.6 is 11.8 Å². The molecule has 1 saturated heterocycles. The highest BCUT2D eigenvalue weighted by molar-refractivity contribution is 7.98. The number of fused-ring (bicyclic) bond motifs is 2. The number of nitrogens with two attached hydrogens (primary N) is 1. The molecule has 0 aliphatic carbocycles. The van der Waals surface area contributed by atoms with Crippen molar-refractivity contribution in [3.63, 3.8) is 0 Å². The Hall–Kier alpha value is -5.62. The first-order chi connectivity index (χ1) is 24.6. The van der Waals surface area contributed by atoms with Gasteiger partial charge in [0.15, 0.2) is 5.65 Å². The van der Waals surface area contributed by atoms with E-state index in [-0.39, 0.29) is 0 Å².